The maximum atomic E-state index is 12.9. The molecular weight excluding hydrogens is 316 g/mol. The van der Waals surface area contributed by atoms with Gasteiger partial charge in [-0.05, 0) is 49.1 Å². The number of carbonyl (C=O) groups is 1. The Morgan fingerprint density at radius 2 is 2.00 bits per heavy atom. The Morgan fingerprint density at radius 1 is 1.21 bits per heavy atom. The van der Waals surface area contributed by atoms with Crippen LogP contribution in [0.1, 0.15) is 46.7 Å². The second kappa shape index (κ2) is 6.36. The highest BCUT2D eigenvalue weighted by molar-refractivity contribution is 7.18. The molecule has 1 aliphatic rings. The number of thiazole rings is 1. The number of amides is 1. The van der Waals surface area contributed by atoms with Crippen LogP contribution in [0.5, 0.6) is 0 Å². The predicted molar refractivity (Wildman–Crippen MR) is 98.5 cm³/mol. The molecule has 0 aliphatic carbocycles. The van der Waals surface area contributed by atoms with Crippen LogP contribution in [0.3, 0.4) is 0 Å². The van der Waals surface area contributed by atoms with Crippen LogP contribution in [0.2, 0.25) is 0 Å². The molecule has 1 aromatic heterocycles. The van der Waals surface area contributed by atoms with E-state index in [-0.39, 0.29) is 11.9 Å². The van der Waals surface area contributed by atoms with Crippen LogP contribution in [-0.4, -0.2) is 22.3 Å². The number of aromatic nitrogens is 1. The van der Waals surface area contributed by atoms with Crippen molar-refractivity contribution in [3.63, 3.8) is 0 Å². The summed E-state index contributed by atoms with van der Waals surface area (Å²) >= 11 is 1.71. The first kappa shape index (κ1) is 15.3. The monoisotopic (exact) mass is 336 g/mol. The third-order valence-electron chi connectivity index (χ3n) is 4.72. The number of fused-ring (bicyclic) bond motifs is 1. The molecule has 2 heterocycles. The molecule has 3 nitrogen and oxygen atoms in total. The molecule has 4 rings (SSSR count). The number of nitrogens with zero attached hydrogens (tertiary/aromatic N) is 2. The standard InChI is InChI=1S/C20H20N2OS/c1-2-14-9-11-15(12-10-14)20(23)22-13-5-7-17(22)19-21-16-6-3-4-8-18(16)24-19/h3-4,6,8-12,17H,2,5,7,13H2,1H3/t17-/m0/s1. The van der Waals surface area contributed by atoms with Crippen molar-refractivity contribution < 1.29 is 4.79 Å². The summed E-state index contributed by atoms with van der Waals surface area (Å²) in [5.41, 5.74) is 3.07. The van der Waals surface area contributed by atoms with Crippen LogP contribution in [0, 0.1) is 0 Å². The third-order valence-corrected chi connectivity index (χ3v) is 5.86. The molecule has 0 N–H and O–H groups in total. The number of hydrogen-bond acceptors (Lipinski definition) is 3. The van der Waals surface area contributed by atoms with E-state index in [4.69, 9.17) is 4.98 Å². The topological polar surface area (TPSA) is 33.2 Å². The molecule has 1 fully saturated rings. The lowest BCUT2D eigenvalue weighted by Crippen LogP contribution is -2.30. The molecule has 1 amide bonds. The molecule has 1 atom stereocenters. The van der Waals surface area contributed by atoms with Gasteiger partial charge in [0.05, 0.1) is 16.3 Å². The van der Waals surface area contributed by atoms with Crippen molar-refractivity contribution in [3.05, 3.63) is 64.7 Å². The average Bonchev–Trinajstić information content (AvgIpc) is 3.27. The zero-order valence-corrected chi connectivity index (χ0v) is 14.6. The normalized spacial score (nSPS) is 17.5. The molecule has 0 saturated carbocycles. The van der Waals surface area contributed by atoms with Crippen LogP contribution in [-0.2, 0) is 6.42 Å². The van der Waals surface area contributed by atoms with E-state index in [0.29, 0.717) is 0 Å². The van der Waals surface area contributed by atoms with E-state index in [1.807, 2.05) is 35.2 Å². The van der Waals surface area contributed by atoms with Gasteiger partial charge in [0.1, 0.15) is 5.01 Å². The second-order valence-electron chi connectivity index (χ2n) is 6.23. The second-order valence-corrected chi connectivity index (χ2v) is 7.29. The van der Waals surface area contributed by atoms with Gasteiger partial charge in [0.15, 0.2) is 0 Å². The first-order chi connectivity index (χ1) is 11.8. The van der Waals surface area contributed by atoms with Gasteiger partial charge in [-0.3, -0.25) is 4.79 Å². The van der Waals surface area contributed by atoms with Gasteiger partial charge in [-0.1, -0.05) is 31.2 Å². The van der Waals surface area contributed by atoms with Crippen molar-refractivity contribution in [1.29, 1.82) is 0 Å². The Labute approximate surface area is 146 Å². The van der Waals surface area contributed by atoms with Crippen LogP contribution in [0.4, 0.5) is 0 Å². The summed E-state index contributed by atoms with van der Waals surface area (Å²) in [4.78, 5) is 19.7. The highest BCUT2D eigenvalue weighted by Crippen LogP contribution is 2.37. The molecule has 3 aromatic rings. The van der Waals surface area contributed by atoms with Crippen molar-refractivity contribution in [3.8, 4) is 0 Å². The van der Waals surface area contributed by atoms with Crippen LogP contribution < -0.4 is 0 Å². The quantitative estimate of drug-likeness (QED) is 0.686. The molecule has 24 heavy (non-hydrogen) atoms. The number of rotatable bonds is 3. The van der Waals surface area contributed by atoms with Crippen molar-refractivity contribution >= 4 is 27.5 Å². The van der Waals surface area contributed by atoms with E-state index in [1.54, 1.807) is 11.3 Å². The van der Waals surface area contributed by atoms with Crippen LogP contribution in [0.15, 0.2) is 48.5 Å². The highest BCUT2D eigenvalue weighted by Gasteiger charge is 2.32. The summed E-state index contributed by atoms with van der Waals surface area (Å²) in [6.07, 6.45) is 3.03. The lowest BCUT2D eigenvalue weighted by atomic mass is 10.1. The Bertz CT molecular complexity index is 836. The van der Waals surface area contributed by atoms with E-state index in [9.17, 15) is 4.79 Å². The maximum absolute atomic E-state index is 12.9. The lowest BCUT2D eigenvalue weighted by Gasteiger charge is -2.23. The minimum Gasteiger partial charge on any atom is -0.329 e. The fraction of sp³-hybridized carbons (Fsp3) is 0.300. The molecule has 0 radical (unpaired) electrons. The van der Waals surface area contributed by atoms with Crippen LogP contribution in [0.25, 0.3) is 10.2 Å². The SMILES string of the molecule is CCc1ccc(C(=O)N2CCC[C@H]2c2nc3ccccc3s2)cc1. The van der Waals surface area contributed by atoms with Gasteiger partial charge in [0, 0.05) is 12.1 Å². The smallest absolute Gasteiger partial charge is 0.254 e. The van der Waals surface area contributed by atoms with E-state index < -0.39 is 0 Å². The van der Waals surface area contributed by atoms with E-state index >= 15 is 0 Å². The van der Waals surface area contributed by atoms with Crippen molar-refractivity contribution in [1.82, 2.24) is 9.88 Å². The van der Waals surface area contributed by atoms with Gasteiger partial charge in [-0.2, -0.15) is 0 Å². The number of benzene rings is 2. The van der Waals surface area contributed by atoms with E-state index in [2.05, 4.69) is 25.1 Å². The summed E-state index contributed by atoms with van der Waals surface area (Å²) in [5.74, 6) is 0.124. The Balaban J connectivity index is 1.62. The Morgan fingerprint density at radius 3 is 2.75 bits per heavy atom. The number of hydrogen-bond donors (Lipinski definition) is 0. The van der Waals surface area contributed by atoms with Crippen molar-refractivity contribution in [2.24, 2.45) is 0 Å². The van der Waals surface area contributed by atoms with Gasteiger partial charge in [0.2, 0.25) is 0 Å². The lowest BCUT2D eigenvalue weighted by molar-refractivity contribution is 0.0735. The largest absolute Gasteiger partial charge is 0.329 e. The fourth-order valence-corrected chi connectivity index (χ4v) is 4.46. The molecular formula is C20H20N2OS. The minimum atomic E-state index is 0.112. The average molecular weight is 336 g/mol. The number of para-hydroxylation sites is 1. The number of carbonyl (C=O) groups excluding carboxylic acids is 1. The maximum Gasteiger partial charge on any atom is 0.254 e. The zero-order valence-electron chi connectivity index (χ0n) is 13.7. The molecule has 0 unspecified atom stereocenters. The zero-order chi connectivity index (χ0) is 16.5. The summed E-state index contributed by atoms with van der Waals surface area (Å²) in [7, 11) is 0. The molecule has 1 aliphatic heterocycles. The molecule has 1 saturated heterocycles. The minimum absolute atomic E-state index is 0.112. The molecule has 122 valence electrons. The van der Waals surface area contributed by atoms with Crippen molar-refractivity contribution in [2.45, 2.75) is 32.2 Å². The summed E-state index contributed by atoms with van der Waals surface area (Å²) in [6, 6.07) is 16.3. The van der Waals surface area contributed by atoms with Gasteiger partial charge < -0.3 is 4.90 Å². The van der Waals surface area contributed by atoms with Gasteiger partial charge in [-0.25, -0.2) is 4.98 Å². The molecule has 2 aromatic carbocycles. The summed E-state index contributed by atoms with van der Waals surface area (Å²) in [6.45, 7) is 2.94. The van der Waals surface area contributed by atoms with E-state index in [1.165, 1.54) is 10.3 Å². The predicted octanol–water partition coefficient (Wildman–Crippen LogP) is 4.84. The van der Waals surface area contributed by atoms with Gasteiger partial charge in [0.25, 0.3) is 5.91 Å². The first-order valence-corrected chi connectivity index (χ1v) is 9.33. The van der Waals surface area contributed by atoms with Crippen LogP contribution >= 0.6 is 11.3 Å². The summed E-state index contributed by atoms with van der Waals surface area (Å²) < 4.78 is 1.19. The first-order valence-electron chi connectivity index (χ1n) is 8.51. The molecule has 0 spiro atoms. The summed E-state index contributed by atoms with van der Waals surface area (Å²) in [5, 5.41) is 1.06. The molecule has 4 heteroatoms. The third kappa shape index (κ3) is 2.71. The van der Waals surface area contributed by atoms with Gasteiger partial charge in [-0.15, -0.1) is 11.3 Å². The Kier molecular flexibility index (Phi) is 4.07. The number of likely N-dealkylation sites (tertiary alicyclic amines) is 1. The fourth-order valence-electron chi connectivity index (χ4n) is 3.35. The van der Waals surface area contributed by atoms with Crippen molar-refractivity contribution in [2.75, 3.05) is 6.54 Å². The number of aryl methyl sites for hydroxylation is 1. The van der Waals surface area contributed by atoms with Gasteiger partial charge >= 0.3 is 0 Å². The highest BCUT2D eigenvalue weighted by atomic mass is 32.1. The molecule has 0 bridgehead atoms. The Hall–Kier alpha value is -2.20. The van der Waals surface area contributed by atoms with E-state index in [0.717, 1.165) is 41.9 Å².